The number of alkyl halides is 3. The van der Waals surface area contributed by atoms with Crippen molar-refractivity contribution in [2.24, 2.45) is 0 Å². The number of carbonyl (C=O) groups is 2. The molecule has 0 aliphatic carbocycles. The largest absolute Gasteiger partial charge is 0.416 e. The van der Waals surface area contributed by atoms with E-state index in [1.165, 1.54) is 24.0 Å². The predicted octanol–water partition coefficient (Wildman–Crippen LogP) is 4.82. The van der Waals surface area contributed by atoms with Gasteiger partial charge in [0.1, 0.15) is 6.54 Å². The van der Waals surface area contributed by atoms with Gasteiger partial charge in [0.2, 0.25) is 11.8 Å². The topological polar surface area (TPSA) is 49.4 Å². The number of carbonyl (C=O) groups excluding carboxylic acids is 2. The minimum absolute atomic E-state index is 0.0236. The van der Waals surface area contributed by atoms with E-state index in [1.807, 2.05) is 26.0 Å². The Morgan fingerprint density at radius 2 is 1.74 bits per heavy atom. The number of hydrogen-bond acceptors (Lipinski definition) is 2. The lowest BCUT2D eigenvalue weighted by Crippen LogP contribution is -2.37. The number of nitrogens with one attached hydrogen (secondary N) is 1. The summed E-state index contributed by atoms with van der Waals surface area (Å²) in [6.45, 7) is 4.99. The van der Waals surface area contributed by atoms with Gasteiger partial charge in [0, 0.05) is 18.3 Å². The lowest BCUT2D eigenvalue weighted by molar-refractivity contribution is -0.137. The van der Waals surface area contributed by atoms with E-state index < -0.39 is 17.6 Å². The Bertz CT molecular complexity index is 832. The molecule has 1 N–H and O–H groups in total. The van der Waals surface area contributed by atoms with Gasteiger partial charge in [-0.3, -0.25) is 9.59 Å². The number of hydrogen-bond donors (Lipinski definition) is 1. The summed E-state index contributed by atoms with van der Waals surface area (Å²) < 4.78 is 38.4. The van der Waals surface area contributed by atoms with Crippen molar-refractivity contribution in [1.82, 2.24) is 0 Å². The van der Waals surface area contributed by atoms with Gasteiger partial charge in [-0.25, -0.2) is 0 Å². The van der Waals surface area contributed by atoms with E-state index in [4.69, 9.17) is 0 Å². The number of anilines is 2. The monoisotopic (exact) mass is 378 g/mol. The average molecular weight is 378 g/mol. The molecule has 144 valence electrons. The smallest absolute Gasteiger partial charge is 0.325 e. The van der Waals surface area contributed by atoms with Crippen LogP contribution in [-0.2, 0) is 15.8 Å². The first kappa shape index (κ1) is 20.5. The minimum atomic E-state index is -4.50. The molecule has 2 aromatic carbocycles. The van der Waals surface area contributed by atoms with Crippen molar-refractivity contribution >= 4 is 23.2 Å². The van der Waals surface area contributed by atoms with Crippen molar-refractivity contribution in [3.63, 3.8) is 0 Å². The van der Waals surface area contributed by atoms with Gasteiger partial charge in [-0.2, -0.15) is 13.2 Å². The highest BCUT2D eigenvalue weighted by atomic mass is 19.4. The average Bonchev–Trinajstić information content (AvgIpc) is 2.59. The van der Waals surface area contributed by atoms with E-state index in [0.29, 0.717) is 5.69 Å². The Labute approximate surface area is 156 Å². The van der Waals surface area contributed by atoms with Crippen LogP contribution in [0.3, 0.4) is 0 Å². The van der Waals surface area contributed by atoms with Crippen molar-refractivity contribution in [3.05, 3.63) is 59.7 Å². The van der Waals surface area contributed by atoms with Gasteiger partial charge in [0.15, 0.2) is 0 Å². The summed E-state index contributed by atoms with van der Waals surface area (Å²) in [6.07, 6.45) is -4.50. The molecule has 2 amide bonds. The Morgan fingerprint density at radius 1 is 1.07 bits per heavy atom. The maximum Gasteiger partial charge on any atom is 0.416 e. The fourth-order valence-electron chi connectivity index (χ4n) is 2.71. The highest BCUT2D eigenvalue weighted by molar-refractivity contribution is 6.02. The van der Waals surface area contributed by atoms with Crippen LogP contribution in [0, 0.1) is 0 Å². The zero-order valence-electron chi connectivity index (χ0n) is 15.3. The Balaban J connectivity index is 2.21. The quantitative estimate of drug-likeness (QED) is 0.811. The molecule has 0 saturated carbocycles. The maximum atomic E-state index is 12.8. The van der Waals surface area contributed by atoms with Crippen molar-refractivity contribution in [2.45, 2.75) is 32.9 Å². The maximum absolute atomic E-state index is 12.8. The van der Waals surface area contributed by atoms with E-state index in [2.05, 4.69) is 5.32 Å². The van der Waals surface area contributed by atoms with Gasteiger partial charge in [-0.1, -0.05) is 38.1 Å². The van der Waals surface area contributed by atoms with Crippen molar-refractivity contribution in [2.75, 3.05) is 16.8 Å². The molecule has 27 heavy (non-hydrogen) atoms. The molecule has 0 aliphatic rings. The van der Waals surface area contributed by atoms with Crippen LogP contribution >= 0.6 is 0 Å². The van der Waals surface area contributed by atoms with E-state index in [1.54, 1.807) is 12.1 Å². The molecule has 0 atom stereocenters. The van der Waals surface area contributed by atoms with E-state index >= 15 is 0 Å². The molecule has 0 radical (unpaired) electrons. The zero-order valence-corrected chi connectivity index (χ0v) is 15.3. The summed E-state index contributed by atoms with van der Waals surface area (Å²) in [7, 11) is 0. The summed E-state index contributed by atoms with van der Waals surface area (Å²) in [4.78, 5) is 25.8. The van der Waals surface area contributed by atoms with Gasteiger partial charge in [-0.15, -0.1) is 0 Å². The van der Waals surface area contributed by atoms with E-state index in [-0.39, 0.29) is 24.1 Å². The van der Waals surface area contributed by atoms with Crippen LogP contribution in [0.4, 0.5) is 24.5 Å². The molecule has 2 aromatic rings. The number of para-hydroxylation sites is 1. The minimum Gasteiger partial charge on any atom is -0.325 e. The van der Waals surface area contributed by atoms with Gasteiger partial charge in [0.05, 0.1) is 5.56 Å². The Hall–Kier alpha value is -2.83. The second-order valence-electron chi connectivity index (χ2n) is 6.45. The Kier molecular flexibility index (Phi) is 6.25. The van der Waals surface area contributed by atoms with Crippen molar-refractivity contribution in [3.8, 4) is 0 Å². The summed E-state index contributed by atoms with van der Waals surface area (Å²) in [5.41, 5.74) is 0.683. The number of rotatable bonds is 5. The fraction of sp³-hybridized carbons (Fsp3) is 0.300. The second-order valence-corrected chi connectivity index (χ2v) is 6.45. The lowest BCUT2D eigenvalue weighted by atomic mass is 10.0. The molecule has 0 saturated heterocycles. The number of benzene rings is 2. The zero-order chi connectivity index (χ0) is 20.2. The number of halogens is 3. The summed E-state index contributed by atoms with van der Waals surface area (Å²) in [5, 5.41) is 2.43. The molecule has 0 heterocycles. The fourth-order valence-corrected chi connectivity index (χ4v) is 2.71. The molecule has 0 bridgehead atoms. The first-order valence-electron chi connectivity index (χ1n) is 8.43. The van der Waals surface area contributed by atoms with Gasteiger partial charge in [0.25, 0.3) is 0 Å². The molecule has 0 spiro atoms. The number of nitrogens with zero attached hydrogens (tertiary/aromatic N) is 1. The molecular weight excluding hydrogens is 357 g/mol. The Morgan fingerprint density at radius 3 is 2.33 bits per heavy atom. The van der Waals surface area contributed by atoms with Gasteiger partial charge >= 0.3 is 6.18 Å². The van der Waals surface area contributed by atoms with Crippen LogP contribution in [0.5, 0.6) is 0 Å². The van der Waals surface area contributed by atoms with Crippen LogP contribution in [-0.4, -0.2) is 18.4 Å². The highest BCUT2D eigenvalue weighted by Gasteiger charge is 2.30. The first-order chi connectivity index (χ1) is 12.6. The van der Waals surface area contributed by atoms with Crippen LogP contribution in [0.1, 0.15) is 37.8 Å². The third kappa shape index (κ3) is 5.32. The molecule has 0 unspecified atom stereocenters. The van der Waals surface area contributed by atoms with Crippen LogP contribution in [0.2, 0.25) is 0 Å². The third-order valence-corrected chi connectivity index (χ3v) is 4.01. The summed E-state index contributed by atoms with van der Waals surface area (Å²) in [6, 6.07) is 11.6. The van der Waals surface area contributed by atoms with E-state index in [9.17, 15) is 22.8 Å². The standard InChI is InChI=1S/C20H21F3N2O2/c1-13(2)17-9-4-5-10-18(17)25(14(3)26)12-19(27)24-16-8-6-7-15(11-16)20(21,22)23/h4-11,13H,12H2,1-3H3,(H,24,27). The van der Waals surface area contributed by atoms with Crippen LogP contribution < -0.4 is 10.2 Å². The highest BCUT2D eigenvalue weighted by Crippen LogP contribution is 2.31. The van der Waals surface area contributed by atoms with Crippen molar-refractivity contribution in [1.29, 1.82) is 0 Å². The molecule has 2 rings (SSSR count). The summed E-state index contributed by atoms with van der Waals surface area (Å²) >= 11 is 0. The molecule has 0 aliphatic heterocycles. The number of amides is 2. The molecule has 7 heteroatoms. The predicted molar refractivity (Wildman–Crippen MR) is 98.6 cm³/mol. The van der Waals surface area contributed by atoms with Crippen LogP contribution in [0.25, 0.3) is 0 Å². The van der Waals surface area contributed by atoms with Gasteiger partial charge < -0.3 is 10.2 Å². The normalized spacial score (nSPS) is 11.4. The van der Waals surface area contributed by atoms with Crippen molar-refractivity contribution < 1.29 is 22.8 Å². The third-order valence-electron chi connectivity index (χ3n) is 4.01. The first-order valence-corrected chi connectivity index (χ1v) is 8.43. The summed E-state index contributed by atoms with van der Waals surface area (Å²) in [5.74, 6) is -0.778. The lowest BCUT2D eigenvalue weighted by Gasteiger charge is -2.25. The van der Waals surface area contributed by atoms with Gasteiger partial charge in [-0.05, 0) is 35.7 Å². The molecule has 0 fully saturated rings. The second kappa shape index (κ2) is 8.24. The molecular formula is C20H21F3N2O2. The molecule has 4 nitrogen and oxygen atoms in total. The van der Waals surface area contributed by atoms with E-state index in [0.717, 1.165) is 17.7 Å². The molecule has 0 aromatic heterocycles. The SMILES string of the molecule is CC(=O)N(CC(=O)Nc1cccc(C(F)(F)F)c1)c1ccccc1C(C)C. The van der Waals surface area contributed by atoms with Crippen LogP contribution in [0.15, 0.2) is 48.5 Å².